The molecule has 1 heterocycles. The summed E-state index contributed by atoms with van der Waals surface area (Å²) in [5.74, 6) is 0.588. The van der Waals surface area contributed by atoms with E-state index in [1.54, 1.807) is 18.4 Å². The Morgan fingerprint density at radius 3 is 3.06 bits per heavy atom. The molecule has 0 aliphatic rings. The van der Waals surface area contributed by atoms with Gasteiger partial charge in [-0.25, -0.2) is 5.43 Å². The smallest absolute Gasteiger partial charge is 0.240 e. The predicted molar refractivity (Wildman–Crippen MR) is 63.2 cm³/mol. The minimum atomic E-state index is -0.0427. The van der Waals surface area contributed by atoms with Gasteiger partial charge in [0.15, 0.2) is 0 Å². The molecule has 0 aliphatic carbocycles. The van der Waals surface area contributed by atoms with Crippen molar-refractivity contribution in [3.8, 4) is 0 Å². The number of rotatable bonds is 7. The number of unbranched alkanes of at least 4 members (excludes halogenated alkanes) is 3. The van der Waals surface area contributed by atoms with Crippen LogP contribution < -0.4 is 5.43 Å². The Hall–Kier alpha value is -1.58. The fourth-order valence-corrected chi connectivity index (χ4v) is 1.30. The highest BCUT2D eigenvalue weighted by Crippen LogP contribution is 2.01. The Bertz CT molecular complexity index is 318. The van der Waals surface area contributed by atoms with E-state index >= 15 is 0 Å². The standard InChI is InChI=1S/C12H18N2O2/c1-2-3-4-5-8-12(15)14-13-10-11-7-6-9-16-11/h6-7,9-10H,2-5,8H2,1H3,(H,14,15)/b13-10-. The van der Waals surface area contributed by atoms with E-state index in [0.717, 1.165) is 12.8 Å². The Balaban J connectivity index is 2.10. The third kappa shape index (κ3) is 5.34. The molecule has 0 saturated carbocycles. The summed E-state index contributed by atoms with van der Waals surface area (Å²) in [5.41, 5.74) is 2.47. The molecule has 1 aromatic rings. The van der Waals surface area contributed by atoms with Gasteiger partial charge < -0.3 is 4.42 Å². The van der Waals surface area contributed by atoms with Crippen LogP contribution in [0.5, 0.6) is 0 Å². The molecule has 0 aliphatic heterocycles. The van der Waals surface area contributed by atoms with Crippen molar-refractivity contribution in [3.05, 3.63) is 24.2 Å². The van der Waals surface area contributed by atoms with Gasteiger partial charge in [-0.2, -0.15) is 5.10 Å². The SMILES string of the molecule is CCCCCCC(=O)N/N=C\c1ccco1. The Kier molecular flexibility index (Phi) is 5.99. The van der Waals surface area contributed by atoms with Crippen LogP contribution in [0, 0.1) is 0 Å². The molecular weight excluding hydrogens is 204 g/mol. The summed E-state index contributed by atoms with van der Waals surface area (Å²) in [5, 5.41) is 3.79. The first-order valence-corrected chi connectivity index (χ1v) is 5.68. The molecule has 1 amide bonds. The lowest BCUT2D eigenvalue weighted by atomic mass is 10.1. The van der Waals surface area contributed by atoms with Gasteiger partial charge >= 0.3 is 0 Å². The number of carbonyl (C=O) groups is 1. The predicted octanol–water partition coefficient (Wildman–Crippen LogP) is 2.70. The lowest BCUT2D eigenvalue weighted by molar-refractivity contribution is -0.121. The number of nitrogens with zero attached hydrogens (tertiary/aromatic N) is 1. The van der Waals surface area contributed by atoms with E-state index in [4.69, 9.17) is 4.42 Å². The molecular formula is C12H18N2O2. The highest BCUT2D eigenvalue weighted by atomic mass is 16.3. The summed E-state index contributed by atoms with van der Waals surface area (Å²) >= 11 is 0. The molecule has 0 unspecified atom stereocenters. The summed E-state index contributed by atoms with van der Waals surface area (Å²) in [6.07, 6.45) is 7.98. The van der Waals surface area contributed by atoms with Crippen LogP contribution >= 0.6 is 0 Å². The van der Waals surface area contributed by atoms with Crippen LogP contribution in [-0.2, 0) is 4.79 Å². The highest BCUT2D eigenvalue weighted by Gasteiger charge is 1.98. The number of hydrazone groups is 1. The molecule has 4 nitrogen and oxygen atoms in total. The second-order valence-electron chi connectivity index (χ2n) is 3.62. The van der Waals surface area contributed by atoms with Gasteiger partial charge in [0.1, 0.15) is 5.76 Å². The maximum absolute atomic E-state index is 11.3. The van der Waals surface area contributed by atoms with E-state index in [0.29, 0.717) is 12.2 Å². The Morgan fingerprint density at radius 2 is 2.38 bits per heavy atom. The topological polar surface area (TPSA) is 54.6 Å². The molecule has 1 aromatic heterocycles. The van der Waals surface area contributed by atoms with Gasteiger partial charge in [-0.1, -0.05) is 26.2 Å². The zero-order chi connectivity index (χ0) is 11.6. The van der Waals surface area contributed by atoms with Gasteiger partial charge in [-0.15, -0.1) is 0 Å². The number of hydrogen-bond donors (Lipinski definition) is 1. The van der Waals surface area contributed by atoms with Crippen molar-refractivity contribution in [1.82, 2.24) is 5.43 Å². The summed E-state index contributed by atoms with van der Waals surface area (Å²) in [4.78, 5) is 11.3. The highest BCUT2D eigenvalue weighted by molar-refractivity contribution is 5.80. The molecule has 1 rings (SSSR count). The summed E-state index contributed by atoms with van der Waals surface area (Å²) in [6, 6.07) is 3.55. The molecule has 88 valence electrons. The van der Waals surface area contributed by atoms with Crippen LogP contribution in [0.2, 0.25) is 0 Å². The van der Waals surface area contributed by atoms with Gasteiger partial charge in [-0.05, 0) is 18.6 Å². The molecule has 4 heteroatoms. The quantitative estimate of drug-likeness (QED) is 0.438. The third-order valence-electron chi connectivity index (χ3n) is 2.18. The van der Waals surface area contributed by atoms with E-state index in [9.17, 15) is 4.79 Å². The van der Waals surface area contributed by atoms with Crippen LogP contribution in [-0.4, -0.2) is 12.1 Å². The molecule has 0 spiro atoms. The summed E-state index contributed by atoms with van der Waals surface area (Å²) in [7, 11) is 0. The molecule has 1 N–H and O–H groups in total. The van der Waals surface area contributed by atoms with Gasteiger partial charge in [0.25, 0.3) is 0 Å². The Morgan fingerprint density at radius 1 is 1.50 bits per heavy atom. The second kappa shape index (κ2) is 7.68. The van der Waals surface area contributed by atoms with Crippen LogP contribution in [0.25, 0.3) is 0 Å². The lowest BCUT2D eigenvalue weighted by Gasteiger charge is -1.98. The van der Waals surface area contributed by atoms with E-state index in [2.05, 4.69) is 17.5 Å². The van der Waals surface area contributed by atoms with E-state index in [1.807, 2.05) is 0 Å². The monoisotopic (exact) mass is 222 g/mol. The average Bonchev–Trinajstić information content (AvgIpc) is 2.77. The van der Waals surface area contributed by atoms with Crippen molar-refractivity contribution in [3.63, 3.8) is 0 Å². The zero-order valence-corrected chi connectivity index (χ0v) is 9.61. The number of furan rings is 1. The fourth-order valence-electron chi connectivity index (χ4n) is 1.30. The number of nitrogens with one attached hydrogen (secondary N) is 1. The van der Waals surface area contributed by atoms with Gasteiger partial charge in [0.2, 0.25) is 5.91 Å². The minimum absolute atomic E-state index is 0.0427. The Labute approximate surface area is 95.7 Å². The normalized spacial score (nSPS) is 10.8. The van der Waals surface area contributed by atoms with Crippen LogP contribution in [0.3, 0.4) is 0 Å². The largest absolute Gasteiger partial charge is 0.463 e. The minimum Gasteiger partial charge on any atom is -0.463 e. The summed E-state index contributed by atoms with van der Waals surface area (Å²) < 4.78 is 5.03. The molecule has 0 atom stereocenters. The molecule has 0 bridgehead atoms. The molecule has 0 saturated heterocycles. The maximum atomic E-state index is 11.3. The zero-order valence-electron chi connectivity index (χ0n) is 9.61. The molecule has 0 radical (unpaired) electrons. The number of amides is 1. The number of hydrogen-bond acceptors (Lipinski definition) is 3. The maximum Gasteiger partial charge on any atom is 0.240 e. The van der Waals surface area contributed by atoms with Crippen molar-refractivity contribution in [2.24, 2.45) is 5.10 Å². The van der Waals surface area contributed by atoms with Crippen LogP contribution in [0.1, 0.15) is 44.8 Å². The van der Waals surface area contributed by atoms with Gasteiger partial charge in [0.05, 0.1) is 12.5 Å². The average molecular weight is 222 g/mol. The fraction of sp³-hybridized carbons (Fsp3) is 0.500. The van der Waals surface area contributed by atoms with Crippen molar-refractivity contribution in [2.75, 3.05) is 0 Å². The lowest BCUT2D eigenvalue weighted by Crippen LogP contribution is -2.16. The van der Waals surface area contributed by atoms with Gasteiger partial charge in [-0.3, -0.25) is 4.79 Å². The molecule has 0 aromatic carbocycles. The molecule has 0 fully saturated rings. The number of carbonyl (C=O) groups excluding carboxylic acids is 1. The van der Waals surface area contributed by atoms with Crippen molar-refractivity contribution >= 4 is 12.1 Å². The second-order valence-corrected chi connectivity index (χ2v) is 3.62. The van der Waals surface area contributed by atoms with E-state index in [1.165, 1.54) is 19.1 Å². The third-order valence-corrected chi connectivity index (χ3v) is 2.18. The first-order chi connectivity index (χ1) is 7.83. The summed E-state index contributed by atoms with van der Waals surface area (Å²) in [6.45, 7) is 2.15. The van der Waals surface area contributed by atoms with E-state index in [-0.39, 0.29) is 5.91 Å². The van der Waals surface area contributed by atoms with Gasteiger partial charge in [0, 0.05) is 6.42 Å². The molecule has 16 heavy (non-hydrogen) atoms. The van der Waals surface area contributed by atoms with Crippen LogP contribution in [0.4, 0.5) is 0 Å². The van der Waals surface area contributed by atoms with Crippen molar-refractivity contribution in [2.45, 2.75) is 39.0 Å². The van der Waals surface area contributed by atoms with Crippen LogP contribution in [0.15, 0.2) is 27.9 Å². The van der Waals surface area contributed by atoms with Crippen molar-refractivity contribution in [1.29, 1.82) is 0 Å². The van der Waals surface area contributed by atoms with E-state index < -0.39 is 0 Å². The first-order valence-electron chi connectivity index (χ1n) is 5.68. The van der Waals surface area contributed by atoms with Crippen molar-refractivity contribution < 1.29 is 9.21 Å². The first kappa shape index (κ1) is 12.5.